The molecule has 1 aliphatic rings. The van der Waals surface area contributed by atoms with Crippen LogP contribution in [0.5, 0.6) is 0 Å². The van der Waals surface area contributed by atoms with E-state index >= 15 is 4.39 Å². The lowest BCUT2D eigenvalue weighted by Crippen LogP contribution is -2.26. The summed E-state index contributed by atoms with van der Waals surface area (Å²) in [7, 11) is -3.79. The van der Waals surface area contributed by atoms with E-state index in [0.717, 1.165) is 17.2 Å². The van der Waals surface area contributed by atoms with Crippen molar-refractivity contribution in [1.82, 2.24) is 19.5 Å². The molecule has 0 saturated heterocycles. The van der Waals surface area contributed by atoms with Gasteiger partial charge in [0.05, 0.1) is 17.6 Å². The SMILES string of the molecule is CC(C)n1c(=O)c(-c2ccc(NS(=O)(=O)CC3Cc4ccccc4C3)c(F)c2)nc2cnc(N)nc21. The first-order chi connectivity index (χ1) is 17.1. The van der Waals surface area contributed by atoms with Crippen molar-refractivity contribution >= 4 is 32.8 Å². The number of anilines is 2. The molecule has 0 atom stereocenters. The third-order valence-electron chi connectivity index (χ3n) is 6.27. The number of benzene rings is 2. The smallest absolute Gasteiger partial charge is 0.278 e. The first-order valence-corrected chi connectivity index (χ1v) is 13.2. The molecule has 186 valence electrons. The van der Waals surface area contributed by atoms with Crippen molar-refractivity contribution < 1.29 is 12.8 Å². The largest absolute Gasteiger partial charge is 0.368 e. The van der Waals surface area contributed by atoms with Gasteiger partial charge in [-0.2, -0.15) is 4.98 Å². The maximum atomic E-state index is 15.0. The first-order valence-electron chi connectivity index (χ1n) is 11.5. The molecule has 5 rings (SSSR count). The number of hydrogen-bond donors (Lipinski definition) is 2. The molecule has 4 aromatic rings. The van der Waals surface area contributed by atoms with Gasteiger partial charge >= 0.3 is 0 Å². The maximum absolute atomic E-state index is 15.0. The minimum absolute atomic E-state index is 0.00148. The Bertz CT molecular complexity index is 1630. The molecule has 0 spiro atoms. The van der Waals surface area contributed by atoms with Gasteiger partial charge in [0.25, 0.3) is 5.56 Å². The van der Waals surface area contributed by atoms with Gasteiger partial charge in [0.15, 0.2) is 5.65 Å². The van der Waals surface area contributed by atoms with Crippen LogP contribution in [-0.2, 0) is 22.9 Å². The molecule has 36 heavy (non-hydrogen) atoms. The van der Waals surface area contributed by atoms with Crippen molar-refractivity contribution in [1.29, 1.82) is 0 Å². The number of sulfonamides is 1. The van der Waals surface area contributed by atoms with Crippen LogP contribution in [0.25, 0.3) is 22.4 Å². The lowest BCUT2D eigenvalue weighted by Gasteiger charge is -2.15. The second-order valence-electron chi connectivity index (χ2n) is 9.29. The predicted octanol–water partition coefficient (Wildman–Crippen LogP) is 3.31. The third kappa shape index (κ3) is 4.53. The van der Waals surface area contributed by atoms with E-state index in [0.29, 0.717) is 18.4 Å². The second kappa shape index (κ2) is 8.98. The lowest BCUT2D eigenvalue weighted by molar-refractivity contribution is 0.567. The fraction of sp³-hybridized carbons (Fsp3) is 0.280. The van der Waals surface area contributed by atoms with Gasteiger partial charge in [-0.05, 0) is 55.9 Å². The minimum atomic E-state index is -3.79. The summed E-state index contributed by atoms with van der Waals surface area (Å²) in [6.45, 7) is 3.62. The average molecular weight is 509 g/mol. The van der Waals surface area contributed by atoms with E-state index in [1.54, 1.807) is 0 Å². The highest BCUT2D eigenvalue weighted by atomic mass is 32.2. The summed E-state index contributed by atoms with van der Waals surface area (Å²) in [5.74, 6) is -0.987. The Kier molecular flexibility index (Phi) is 5.95. The van der Waals surface area contributed by atoms with Gasteiger partial charge in [0.2, 0.25) is 16.0 Å². The van der Waals surface area contributed by atoms with Gasteiger partial charge in [-0.3, -0.25) is 14.1 Å². The van der Waals surface area contributed by atoms with Crippen molar-refractivity contribution in [2.45, 2.75) is 32.7 Å². The van der Waals surface area contributed by atoms with Crippen LogP contribution in [0, 0.1) is 11.7 Å². The van der Waals surface area contributed by atoms with Crippen LogP contribution in [0.1, 0.15) is 31.0 Å². The number of fused-ring (bicyclic) bond motifs is 2. The zero-order valence-corrected chi connectivity index (χ0v) is 20.6. The molecule has 0 unspecified atom stereocenters. The molecule has 0 fully saturated rings. The monoisotopic (exact) mass is 508 g/mol. The normalized spacial score (nSPS) is 13.9. The van der Waals surface area contributed by atoms with Gasteiger partial charge in [0.1, 0.15) is 17.0 Å². The summed E-state index contributed by atoms with van der Waals surface area (Å²) >= 11 is 0. The van der Waals surface area contributed by atoms with Crippen LogP contribution >= 0.6 is 0 Å². The summed E-state index contributed by atoms with van der Waals surface area (Å²) in [5.41, 5.74) is 8.15. The Morgan fingerprint density at radius 1 is 1.14 bits per heavy atom. The maximum Gasteiger partial charge on any atom is 0.278 e. The Morgan fingerprint density at radius 3 is 2.47 bits per heavy atom. The fourth-order valence-corrected chi connectivity index (χ4v) is 6.15. The van der Waals surface area contributed by atoms with E-state index in [1.807, 2.05) is 38.1 Å². The zero-order chi connectivity index (χ0) is 25.6. The van der Waals surface area contributed by atoms with E-state index in [4.69, 9.17) is 5.73 Å². The van der Waals surface area contributed by atoms with E-state index in [2.05, 4.69) is 19.7 Å². The van der Waals surface area contributed by atoms with Crippen LogP contribution < -0.4 is 16.0 Å². The van der Waals surface area contributed by atoms with Crippen LogP contribution in [0.2, 0.25) is 0 Å². The van der Waals surface area contributed by atoms with Crippen LogP contribution in [0.3, 0.4) is 0 Å². The van der Waals surface area contributed by atoms with E-state index in [1.165, 1.54) is 22.9 Å². The van der Waals surface area contributed by atoms with E-state index in [-0.39, 0.29) is 46.3 Å². The zero-order valence-electron chi connectivity index (χ0n) is 19.8. The molecule has 0 bridgehead atoms. The molecule has 0 radical (unpaired) electrons. The highest BCUT2D eigenvalue weighted by Gasteiger charge is 2.27. The number of halogens is 1. The molecule has 3 N–H and O–H groups in total. The van der Waals surface area contributed by atoms with E-state index < -0.39 is 21.4 Å². The fourth-order valence-electron chi connectivity index (χ4n) is 4.71. The molecule has 2 heterocycles. The van der Waals surface area contributed by atoms with Gasteiger partial charge in [0, 0.05) is 11.6 Å². The quantitative estimate of drug-likeness (QED) is 0.408. The molecule has 9 nitrogen and oxygen atoms in total. The molecule has 0 amide bonds. The van der Waals surface area contributed by atoms with Crippen LogP contribution in [-0.4, -0.2) is 33.7 Å². The molecule has 1 aliphatic carbocycles. The van der Waals surface area contributed by atoms with Crippen molar-refractivity contribution in [2.75, 3.05) is 16.2 Å². The van der Waals surface area contributed by atoms with Gasteiger partial charge in [-0.25, -0.2) is 22.8 Å². The highest BCUT2D eigenvalue weighted by Crippen LogP contribution is 2.29. The molecule has 0 saturated carbocycles. The van der Waals surface area contributed by atoms with Crippen molar-refractivity contribution in [3.63, 3.8) is 0 Å². The van der Waals surface area contributed by atoms with Crippen molar-refractivity contribution in [3.05, 3.63) is 76.0 Å². The molecule has 0 aliphatic heterocycles. The number of rotatable bonds is 6. The highest BCUT2D eigenvalue weighted by molar-refractivity contribution is 7.92. The Morgan fingerprint density at radius 2 is 1.83 bits per heavy atom. The first kappa shape index (κ1) is 23.9. The average Bonchev–Trinajstić information content (AvgIpc) is 3.21. The summed E-state index contributed by atoms with van der Waals surface area (Å²) in [6, 6.07) is 11.5. The number of nitrogens with zero attached hydrogens (tertiary/aromatic N) is 4. The molecular formula is C25H25FN6O3S. The van der Waals surface area contributed by atoms with Crippen LogP contribution in [0.4, 0.5) is 16.0 Å². The van der Waals surface area contributed by atoms with Crippen LogP contribution in [0.15, 0.2) is 53.5 Å². The summed E-state index contributed by atoms with van der Waals surface area (Å²) in [4.78, 5) is 25.6. The van der Waals surface area contributed by atoms with Crippen molar-refractivity contribution in [2.24, 2.45) is 5.92 Å². The Hall–Kier alpha value is -3.86. The Labute approximate surface area is 207 Å². The standard InChI is InChI=1S/C25H25FN6O3S/c1-14(2)32-23-21(12-28-25(27)30-23)29-22(24(32)33)18-7-8-20(19(26)11-18)31-36(34,35)13-15-9-16-5-3-4-6-17(16)10-15/h3-8,11-12,14-15,31H,9-10,13H2,1-2H3,(H2,27,28,30). The number of nitrogens with two attached hydrogens (primary N) is 1. The van der Waals surface area contributed by atoms with E-state index in [9.17, 15) is 13.2 Å². The molecule has 11 heteroatoms. The van der Waals surface area contributed by atoms with Gasteiger partial charge in [-0.15, -0.1) is 0 Å². The molecule has 2 aromatic heterocycles. The molecular weight excluding hydrogens is 483 g/mol. The minimum Gasteiger partial charge on any atom is -0.368 e. The predicted molar refractivity (Wildman–Crippen MR) is 137 cm³/mol. The van der Waals surface area contributed by atoms with Gasteiger partial charge in [-0.1, -0.05) is 30.3 Å². The topological polar surface area (TPSA) is 133 Å². The Balaban J connectivity index is 1.42. The third-order valence-corrected chi connectivity index (χ3v) is 7.71. The van der Waals surface area contributed by atoms with Crippen molar-refractivity contribution in [3.8, 4) is 11.3 Å². The second-order valence-corrected chi connectivity index (χ2v) is 11.1. The summed E-state index contributed by atoms with van der Waals surface area (Å²) in [5, 5.41) is 0. The number of hydrogen-bond acceptors (Lipinski definition) is 7. The van der Waals surface area contributed by atoms with Gasteiger partial charge < -0.3 is 5.73 Å². The molecule has 2 aromatic carbocycles. The number of nitrogens with one attached hydrogen (secondary N) is 1. The summed E-state index contributed by atoms with van der Waals surface area (Å²) in [6.07, 6.45) is 2.74. The summed E-state index contributed by atoms with van der Waals surface area (Å²) < 4.78 is 44.4. The number of aromatic nitrogens is 4. The number of nitrogen functional groups attached to an aromatic ring is 1. The lowest BCUT2D eigenvalue weighted by atomic mass is 10.1.